The Kier molecular flexibility index (Phi) is 6.80. The van der Waals surface area contributed by atoms with Gasteiger partial charge in [-0.15, -0.1) is 0 Å². The highest BCUT2D eigenvalue weighted by molar-refractivity contribution is 7.89. The van der Waals surface area contributed by atoms with Crippen LogP contribution in [0.4, 0.5) is 5.82 Å². The molecule has 0 unspecified atom stereocenters. The van der Waals surface area contributed by atoms with Gasteiger partial charge in [-0.3, -0.25) is 4.79 Å². The van der Waals surface area contributed by atoms with Crippen molar-refractivity contribution in [3.63, 3.8) is 0 Å². The molecule has 33 heavy (non-hydrogen) atoms. The molecule has 1 N–H and O–H groups in total. The summed E-state index contributed by atoms with van der Waals surface area (Å²) < 4.78 is 34.2. The number of nitrogens with one attached hydrogen (secondary N) is 1. The van der Waals surface area contributed by atoms with E-state index in [9.17, 15) is 13.2 Å². The first-order valence-electron chi connectivity index (χ1n) is 10.9. The molecule has 174 valence electrons. The number of methoxy groups -OCH3 is 1. The van der Waals surface area contributed by atoms with Gasteiger partial charge in [-0.2, -0.15) is 9.40 Å². The fraction of sp³-hybridized carbons (Fsp3) is 0.333. The van der Waals surface area contributed by atoms with Gasteiger partial charge in [-0.05, 0) is 49.6 Å². The average molecular weight is 469 g/mol. The molecule has 1 aliphatic heterocycles. The number of ether oxygens (including phenoxy) is 1. The second kappa shape index (κ2) is 9.76. The first-order chi connectivity index (χ1) is 15.9. The molecule has 0 radical (unpaired) electrons. The van der Waals surface area contributed by atoms with E-state index in [0.29, 0.717) is 44.0 Å². The van der Waals surface area contributed by atoms with Crippen LogP contribution in [0.5, 0.6) is 5.75 Å². The van der Waals surface area contributed by atoms with Gasteiger partial charge in [0.15, 0.2) is 0 Å². The van der Waals surface area contributed by atoms with Crippen molar-refractivity contribution in [3.05, 3.63) is 71.9 Å². The maximum atomic E-state index is 12.9. The molecule has 3 aromatic rings. The Morgan fingerprint density at radius 1 is 1.06 bits per heavy atom. The van der Waals surface area contributed by atoms with E-state index in [1.165, 1.54) is 17.0 Å². The lowest BCUT2D eigenvalue weighted by atomic mass is 9.97. The highest BCUT2D eigenvalue weighted by Gasteiger charge is 2.32. The number of hydrogen-bond donors (Lipinski definition) is 1. The third kappa shape index (κ3) is 5.26. The Morgan fingerprint density at radius 2 is 1.73 bits per heavy atom. The number of rotatable bonds is 7. The lowest BCUT2D eigenvalue weighted by Crippen LogP contribution is -2.41. The van der Waals surface area contributed by atoms with Gasteiger partial charge in [-0.25, -0.2) is 13.1 Å². The largest absolute Gasteiger partial charge is 0.497 e. The molecule has 0 atom stereocenters. The Bertz CT molecular complexity index is 1200. The van der Waals surface area contributed by atoms with Crippen molar-refractivity contribution in [2.45, 2.75) is 31.2 Å². The molecule has 1 aromatic heterocycles. The minimum absolute atomic E-state index is 0.109. The van der Waals surface area contributed by atoms with E-state index < -0.39 is 10.0 Å². The molecular formula is C24H28N4O4S. The standard InChI is InChI=1S/C24H28N4O4S/c1-18-3-5-19(6-4-18)17-28-23(11-14-25-28)26-24(29)20-12-15-27(16-13-20)33(30,31)22-9-7-21(32-2)8-10-22/h3-11,14,20H,12-13,15-17H2,1-2H3,(H,26,29). The van der Waals surface area contributed by atoms with Gasteiger partial charge in [-0.1, -0.05) is 29.8 Å². The van der Waals surface area contributed by atoms with Crippen LogP contribution in [0.25, 0.3) is 0 Å². The molecule has 1 saturated heterocycles. The summed E-state index contributed by atoms with van der Waals surface area (Å²) in [5, 5.41) is 7.30. The summed E-state index contributed by atoms with van der Waals surface area (Å²) in [4.78, 5) is 13.1. The number of amides is 1. The molecule has 4 rings (SSSR count). The zero-order chi connectivity index (χ0) is 23.4. The van der Waals surface area contributed by atoms with Crippen LogP contribution in [0, 0.1) is 12.8 Å². The Hall–Kier alpha value is -3.17. The summed E-state index contributed by atoms with van der Waals surface area (Å²) in [5.41, 5.74) is 2.28. The highest BCUT2D eigenvalue weighted by atomic mass is 32.2. The Morgan fingerprint density at radius 3 is 2.36 bits per heavy atom. The van der Waals surface area contributed by atoms with Crippen molar-refractivity contribution in [2.75, 3.05) is 25.5 Å². The normalized spacial score (nSPS) is 15.3. The molecule has 2 heterocycles. The van der Waals surface area contributed by atoms with Crippen LogP contribution in [0.3, 0.4) is 0 Å². The van der Waals surface area contributed by atoms with Gasteiger partial charge in [0.1, 0.15) is 11.6 Å². The summed E-state index contributed by atoms with van der Waals surface area (Å²) >= 11 is 0. The molecule has 1 aliphatic rings. The van der Waals surface area contributed by atoms with Crippen LogP contribution < -0.4 is 10.1 Å². The molecule has 0 bridgehead atoms. The van der Waals surface area contributed by atoms with E-state index in [1.54, 1.807) is 41.2 Å². The molecule has 2 aromatic carbocycles. The summed E-state index contributed by atoms with van der Waals surface area (Å²) in [5.74, 6) is 0.872. The molecule has 0 saturated carbocycles. The molecule has 0 spiro atoms. The van der Waals surface area contributed by atoms with Crippen molar-refractivity contribution >= 4 is 21.7 Å². The zero-order valence-corrected chi connectivity index (χ0v) is 19.6. The number of nitrogens with zero attached hydrogens (tertiary/aromatic N) is 3. The number of aryl methyl sites for hydroxylation is 1. The minimum Gasteiger partial charge on any atom is -0.497 e. The van der Waals surface area contributed by atoms with Gasteiger partial charge >= 0.3 is 0 Å². The summed E-state index contributed by atoms with van der Waals surface area (Å²) in [6.45, 7) is 3.20. The van der Waals surface area contributed by atoms with Crippen molar-refractivity contribution in [1.29, 1.82) is 0 Å². The van der Waals surface area contributed by atoms with Gasteiger partial charge < -0.3 is 10.1 Å². The predicted molar refractivity (Wildman–Crippen MR) is 126 cm³/mol. The SMILES string of the molecule is COc1ccc(S(=O)(=O)N2CCC(C(=O)Nc3ccnn3Cc3ccc(C)cc3)CC2)cc1. The van der Waals surface area contributed by atoms with Crippen LogP contribution in [-0.4, -0.2) is 48.6 Å². The number of hydrogen-bond acceptors (Lipinski definition) is 5. The maximum absolute atomic E-state index is 12.9. The van der Waals surface area contributed by atoms with E-state index >= 15 is 0 Å². The average Bonchev–Trinajstić information content (AvgIpc) is 3.27. The van der Waals surface area contributed by atoms with E-state index in [4.69, 9.17) is 4.74 Å². The first kappa shape index (κ1) is 23.0. The predicted octanol–water partition coefficient (Wildman–Crippen LogP) is 3.29. The quantitative estimate of drug-likeness (QED) is 0.574. The summed E-state index contributed by atoms with van der Waals surface area (Å²) in [7, 11) is -2.06. The second-order valence-corrected chi connectivity index (χ2v) is 10.1. The van der Waals surface area contributed by atoms with Gasteiger partial charge in [0.25, 0.3) is 0 Å². The number of aromatic nitrogens is 2. The third-order valence-electron chi connectivity index (χ3n) is 5.94. The molecular weight excluding hydrogens is 440 g/mol. The lowest BCUT2D eigenvalue weighted by molar-refractivity contribution is -0.121. The summed E-state index contributed by atoms with van der Waals surface area (Å²) in [6, 6.07) is 16.3. The molecule has 0 aliphatic carbocycles. The zero-order valence-electron chi connectivity index (χ0n) is 18.8. The fourth-order valence-corrected chi connectivity index (χ4v) is 5.38. The molecule has 1 amide bonds. The number of carbonyl (C=O) groups excluding carboxylic acids is 1. The number of piperidine rings is 1. The maximum Gasteiger partial charge on any atom is 0.243 e. The third-order valence-corrected chi connectivity index (χ3v) is 7.86. The second-order valence-electron chi connectivity index (χ2n) is 8.20. The molecule has 1 fully saturated rings. The van der Waals surface area contributed by atoms with Gasteiger partial charge in [0.05, 0.1) is 24.7 Å². The fourth-order valence-electron chi connectivity index (χ4n) is 3.91. The van der Waals surface area contributed by atoms with Crippen LogP contribution >= 0.6 is 0 Å². The minimum atomic E-state index is -3.60. The molecule has 8 nitrogen and oxygen atoms in total. The van der Waals surface area contributed by atoms with Crippen LogP contribution in [0.2, 0.25) is 0 Å². The van der Waals surface area contributed by atoms with Crippen molar-refractivity contribution in [1.82, 2.24) is 14.1 Å². The number of carbonyl (C=O) groups is 1. The van der Waals surface area contributed by atoms with Crippen molar-refractivity contribution < 1.29 is 17.9 Å². The van der Waals surface area contributed by atoms with Gasteiger partial charge in [0, 0.05) is 25.1 Å². The first-order valence-corrected chi connectivity index (χ1v) is 12.3. The van der Waals surface area contributed by atoms with E-state index in [0.717, 1.165) is 5.56 Å². The number of anilines is 1. The van der Waals surface area contributed by atoms with E-state index in [1.807, 2.05) is 31.2 Å². The summed E-state index contributed by atoms with van der Waals surface area (Å²) in [6.07, 6.45) is 2.59. The Labute approximate surface area is 194 Å². The van der Waals surface area contributed by atoms with Crippen molar-refractivity contribution in [2.24, 2.45) is 5.92 Å². The van der Waals surface area contributed by atoms with Crippen LogP contribution in [0.1, 0.15) is 24.0 Å². The highest BCUT2D eigenvalue weighted by Crippen LogP contribution is 2.26. The number of benzene rings is 2. The molecule has 9 heteroatoms. The van der Waals surface area contributed by atoms with Crippen molar-refractivity contribution in [3.8, 4) is 5.75 Å². The number of sulfonamides is 1. The van der Waals surface area contributed by atoms with Gasteiger partial charge in [0.2, 0.25) is 15.9 Å². The lowest BCUT2D eigenvalue weighted by Gasteiger charge is -2.30. The van der Waals surface area contributed by atoms with E-state index in [2.05, 4.69) is 10.4 Å². The van der Waals surface area contributed by atoms with Crippen LogP contribution in [-0.2, 0) is 21.4 Å². The smallest absolute Gasteiger partial charge is 0.243 e. The Balaban J connectivity index is 1.35. The van der Waals surface area contributed by atoms with E-state index in [-0.39, 0.29) is 16.7 Å². The monoisotopic (exact) mass is 468 g/mol. The van der Waals surface area contributed by atoms with Crippen LogP contribution in [0.15, 0.2) is 65.7 Å². The topological polar surface area (TPSA) is 93.5 Å².